The van der Waals surface area contributed by atoms with Gasteiger partial charge in [-0.3, -0.25) is 23.9 Å². The van der Waals surface area contributed by atoms with Crippen LogP contribution in [0.5, 0.6) is 0 Å². The van der Waals surface area contributed by atoms with E-state index in [1.165, 1.54) is 0 Å². The van der Waals surface area contributed by atoms with Crippen molar-refractivity contribution in [1.82, 2.24) is 45.5 Å². The first kappa shape index (κ1) is 23.5. The number of amides is 2. The van der Waals surface area contributed by atoms with Gasteiger partial charge in [-0.15, -0.1) is 10.2 Å². The van der Waals surface area contributed by atoms with E-state index in [1.807, 2.05) is 26.2 Å². The molecule has 0 fully saturated rings. The maximum Gasteiger partial charge on any atom is 0.219 e. The minimum atomic E-state index is 0.0297. The van der Waals surface area contributed by atoms with E-state index in [0.717, 1.165) is 11.4 Å². The Morgan fingerprint density at radius 1 is 0.900 bits per heavy atom. The van der Waals surface area contributed by atoms with Gasteiger partial charge >= 0.3 is 0 Å². The van der Waals surface area contributed by atoms with Crippen molar-refractivity contribution in [3.63, 3.8) is 0 Å². The lowest BCUT2D eigenvalue weighted by molar-refractivity contribution is -0.121. The van der Waals surface area contributed by atoms with Crippen molar-refractivity contribution in [3.05, 3.63) is 23.8 Å². The van der Waals surface area contributed by atoms with Crippen LogP contribution in [0.3, 0.4) is 0 Å². The third kappa shape index (κ3) is 7.90. The van der Waals surface area contributed by atoms with Gasteiger partial charge in [0.1, 0.15) is 0 Å². The van der Waals surface area contributed by atoms with Gasteiger partial charge in [-0.05, 0) is 13.8 Å². The third-order valence-corrected chi connectivity index (χ3v) is 4.60. The molecule has 11 nitrogen and oxygen atoms in total. The fourth-order valence-electron chi connectivity index (χ4n) is 2.75. The lowest BCUT2D eigenvalue weighted by atomic mass is 10.2. The van der Waals surface area contributed by atoms with E-state index in [9.17, 15) is 9.59 Å². The van der Waals surface area contributed by atoms with Crippen molar-refractivity contribution >= 4 is 11.8 Å². The molecule has 0 spiro atoms. The number of aromatic nitrogens is 6. The van der Waals surface area contributed by atoms with Crippen LogP contribution in [-0.4, -0.2) is 65.8 Å². The molecule has 0 aliphatic carbocycles. The lowest BCUT2D eigenvalue weighted by Crippen LogP contribution is -2.30. The molecule has 0 saturated heterocycles. The van der Waals surface area contributed by atoms with Crippen LogP contribution in [0.4, 0.5) is 0 Å². The maximum atomic E-state index is 11.3. The SMILES string of the molecule is CCC(=O)NCCn1cc(CN(Cc2cn(CCNC(=O)CC)nn2)C(C)C)nn1. The maximum absolute atomic E-state index is 11.3. The second kappa shape index (κ2) is 12.0. The van der Waals surface area contributed by atoms with Crippen LogP contribution in [0.25, 0.3) is 0 Å². The molecule has 0 atom stereocenters. The van der Waals surface area contributed by atoms with Gasteiger partial charge < -0.3 is 10.6 Å². The van der Waals surface area contributed by atoms with Gasteiger partial charge in [0, 0.05) is 57.5 Å². The van der Waals surface area contributed by atoms with E-state index in [0.29, 0.717) is 52.1 Å². The fourth-order valence-corrected chi connectivity index (χ4v) is 2.75. The molecule has 0 unspecified atom stereocenters. The summed E-state index contributed by atoms with van der Waals surface area (Å²) >= 11 is 0. The first-order valence-corrected chi connectivity index (χ1v) is 10.5. The van der Waals surface area contributed by atoms with E-state index >= 15 is 0 Å². The van der Waals surface area contributed by atoms with Crippen molar-refractivity contribution in [2.45, 2.75) is 72.8 Å². The van der Waals surface area contributed by atoms with Crippen molar-refractivity contribution in [2.75, 3.05) is 13.1 Å². The Morgan fingerprint density at radius 3 is 1.70 bits per heavy atom. The highest BCUT2D eigenvalue weighted by atomic mass is 16.2. The monoisotopic (exact) mass is 419 g/mol. The van der Waals surface area contributed by atoms with Crippen LogP contribution in [0.15, 0.2) is 12.4 Å². The van der Waals surface area contributed by atoms with E-state index in [-0.39, 0.29) is 17.9 Å². The number of rotatable bonds is 13. The average Bonchev–Trinajstić information content (AvgIpc) is 3.36. The molecule has 2 amide bonds. The zero-order valence-corrected chi connectivity index (χ0v) is 18.3. The van der Waals surface area contributed by atoms with Crippen molar-refractivity contribution in [1.29, 1.82) is 0 Å². The molecule has 11 heteroatoms. The zero-order valence-electron chi connectivity index (χ0n) is 18.3. The number of nitrogens with one attached hydrogen (secondary N) is 2. The number of hydrogen-bond donors (Lipinski definition) is 2. The number of nitrogens with zero attached hydrogens (tertiary/aromatic N) is 7. The molecule has 0 bridgehead atoms. The summed E-state index contributed by atoms with van der Waals surface area (Å²) in [6.07, 6.45) is 4.76. The van der Waals surface area contributed by atoms with Gasteiger partial charge in [-0.25, -0.2) is 0 Å². The molecule has 2 heterocycles. The summed E-state index contributed by atoms with van der Waals surface area (Å²) in [4.78, 5) is 24.9. The Kier molecular flexibility index (Phi) is 9.39. The summed E-state index contributed by atoms with van der Waals surface area (Å²) in [6.45, 7) is 11.4. The van der Waals surface area contributed by atoms with Gasteiger partial charge in [-0.1, -0.05) is 24.3 Å². The summed E-state index contributed by atoms with van der Waals surface area (Å²) in [6, 6.07) is 0.285. The van der Waals surface area contributed by atoms with E-state index < -0.39 is 0 Å². The number of carbonyl (C=O) groups is 2. The molecule has 2 aromatic heterocycles. The summed E-state index contributed by atoms with van der Waals surface area (Å²) in [5, 5.41) is 22.4. The molecule has 0 aliphatic heterocycles. The molecule has 0 aliphatic rings. The topological polar surface area (TPSA) is 123 Å². The summed E-state index contributed by atoms with van der Waals surface area (Å²) in [5.74, 6) is 0.0595. The Hall–Kier alpha value is -2.82. The smallest absolute Gasteiger partial charge is 0.219 e. The average molecular weight is 420 g/mol. The Bertz CT molecular complexity index is 737. The van der Waals surface area contributed by atoms with Gasteiger partial charge in [0.25, 0.3) is 0 Å². The van der Waals surface area contributed by atoms with Crippen LogP contribution in [0.2, 0.25) is 0 Å². The quantitative estimate of drug-likeness (QED) is 0.480. The first-order valence-electron chi connectivity index (χ1n) is 10.5. The second-order valence-corrected chi connectivity index (χ2v) is 7.35. The highest BCUT2D eigenvalue weighted by Crippen LogP contribution is 2.10. The normalized spacial score (nSPS) is 11.3. The predicted octanol–water partition coefficient (Wildman–Crippen LogP) is 0.333. The Labute approximate surface area is 177 Å². The van der Waals surface area contributed by atoms with Crippen LogP contribution in [0.1, 0.15) is 51.9 Å². The van der Waals surface area contributed by atoms with Crippen molar-refractivity contribution in [2.24, 2.45) is 0 Å². The minimum absolute atomic E-state index is 0.0297. The zero-order chi connectivity index (χ0) is 21.9. The standard InChI is InChI=1S/C19H33N9O2/c1-5-18(29)20-7-9-27-13-16(22-24-27)11-26(15(3)4)12-17-14-28(25-23-17)10-8-21-19(30)6-2/h13-15H,5-12H2,1-4H3,(H,20,29)(H,21,30). The highest BCUT2D eigenvalue weighted by Gasteiger charge is 2.15. The highest BCUT2D eigenvalue weighted by molar-refractivity contribution is 5.75. The molecule has 0 radical (unpaired) electrons. The Morgan fingerprint density at radius 2 is 1.33 bits per heavy atom. The summed E-state index contributed by atoms with van der Waals surface area (Å²) in [7, 11) is 0. The van der Waals surface area contributed by atoms with Gasteiger partial charge in [-0.2, -0.15) is 0 Å². The summed E-state index contributed by atoms with van der Waals surface area (Å²) < 4.78 is 3.48. The fraction of sp³-hybridized carbons (Fsp3) is 0.684. The van der Waals surface area contributed by atoms with Crippen molar-refractivity contribution < 1.29 is 9.59 Å². The largest absolute Gasteiger partial charge is 0.354 e. The van der Waals surface area contributed by atoms with Crippen LogP contribution in [0, 0.1) is 0 Å². The molecule has 2 N–H and O–H groups in total. The van der Waals surface area contributed by atoms with Crippen molar-refractivity contribution in [3.8, 4) is 0 Å². The van der Waals surface area contributed by atoms with Crippen LogP contribution < -0.4 is 10.6 Å². The minimum Gasteiger partial charge on any atom is -0.354 e. The molecule has 0 aromatic carbocycles. The van der Waals surface area contributed by atoms with E-state index in [2.05, 4.69) is 50.0 Å². The Balaban J connectivity index is 1.85. The van der Waals surface area contributed by atoms with Gasteiger partial charge in [0.2, 0.25) is 11.8 Å². The molecule has 30 heavy (non-hydrogen) atoms. The molecule has 0 saturated carbocycles. The number of hydrogen-bond acceptors (Lipinski definition) is 7. The third-order valence-electron chi connectivity index (χ3n) is 4.60. The molecule has 2 rings (SSSR count). The molecule has 2 aromatic rings. The molecular formula is C19H33N9O2. The molecular weight excluding hydrogens is 386 g/mol. The van der Waals surface area contributed by atoms with E-state index in [1.54, 1.807) is 9.36 Å². The summed E-state index contributed by atoms with van der Waals surface area (Å²) in [5.41, 5.74) is 1.72. The van der Waals surface area contributed by atoms with Gasteiger partial charge in [0.15, 0.2) is 0 Å². The van der Waals surface area contributed by atoms with E-state index in [4.69, 9.17) is 0 Å². The van der Waals surface area contributed by atoms with Crippen LogP contribution >= 0.6 is 0 Å². The predicted molar refractivity (Wildman–Crippen MR) is 111 cm³/mol. The lowest BCUT2D eigenvalue weighted by Gasteiger charge is -2.24. The molecule has 166 valence electrons. The number of carbonyl (C=O) groups excluding carboxylic acids is 2. The first-order chi connectivity index (χ1) is 14.4. The second-order valence-electron chi connectivity index (χ2n) is 7.35. The van der Waals surface area contributed by atoms with Crippen LogP contribution in [-0.2, 0) is 35.8 Å². The van der Waals surface area contributed by atoms with Gasteiger partial charge in [0.05, 0.1) is 24.5 Å².